The van der Waals surface area contributed by atoms with Crippen LogP contribution in [-0.2, 0) is 0 Å². The SMILES string of the molecule is c1ccc(-c2ccc(-n3c4cc(N(c5ccccc5)c5ccc6c(c5)sc5ccccc56)cc5c4c4c6c(ccc7c6c6c-5cccc6n7-c5ccccc5)ccc43)cc2)cc1. The number of nitrogens with zero attached hydrogens (tertiary/aromatic N) is 3. The number of rotatable bonds is 6. The highest BCUT2D eigenvalue weighted by Crippen LogP contribution is 2.53. The zero-order valence-corrected chi connectivity index (χ0v) is 34.3. The third-order valence-corrected chi connectivity index (χ3v) is 14.3. The molecule has 288 valence electrons. The summed E-state index contributed by atoms with van der Waals surface area (Å²) >= 11 is 1.87. The average Bonchev–Trinajstić information content (AvgIpc) is 3.97. The number of hydrogen-bond acceptors (Lipinski definition) is 2. The van der Waals surface area contributed by atoms with Crippen LogP contribution in [0.5, 0.6) is 0 Å². The predicted molar refractivity (Wildman–Crippen MR) is 265 cm³/mol. The van der Waals surface area contributed by atoms with Gasteiger partial charge in [0.1, 0.15) is 0 Å². The van der Waals surface area contributed by atoms with E-state index in [-0.39, 0.29) is 0 Å². The van der Waals surface area contributed by atoms with Gasteiger partial charge in [0.2, 0.25) is 0 Å². The average molecular weight is 806 g/mol. The summed E-state index contributed by atoms with van der Waals surface area (Å²) in [6.45, 7) is 0. The van der Waals surface area contributed by atoms with E-state index in [1.807, 2.05) is 11.3 Å². The fourth-order valence-electron chi connectivity index (χ4n) is 10.6. The summed E-state index contributed by atoms with van der Waals surface area (Å²) in [7, 11) is 0. The molecule has 0 atom stereocenters. The maximum Gasteiger partial charge on any atom is 0.0568 e. The maximum absolute atomic E-state index is 2.52. The van der Waals surface area contributed by atoms with Gasteiger partial charge in [-0.1, -0.05) is 127 Å². The largest absolute Gasteiger partial charge is 0.310 e. The summed E-state index contributed by atoms with van der Waals surface area (Å²) in [6.07, 6.45) is 0. The summed E-state index contributed by atoms with van der Waals surface area (Å²) in [5, 5.41) is 10.4. The fraction of sp³-hybridized carbons (Fsp3) is 0. The molecule has 13 aromatic rings. The van der Waals surface area contributed by atoms with Crippen molar-refractivity contribution in [1.29, 1.82) is 0 Å². The van der Waals surface area contributed by atoms with Gasteiger partial charge < -0.3 is 14.0 Å². The van der Waals surface area contributed by atoms with Gasteiger partial charge in [-0.05, 0) is 113 Å². The Labute approximate surface area is 361 Å². The topological polar surface area (TPSA) is 13.1 Å². The molecule has 3 nitrogen and oxygen atoms in total. The monoisotopic (exact) mass is 805 g/mol. The highest BCUT2D eigenvalue weighted by Gasteiger charge is 2.29. The van der Waals surface area contributed by atoms with Crippen LogP contribution >= 0.6 is 11.3 Å². The van der Waals surface area contributed by atoms with Gasteiger partial charge in [0.15, 0.2) is 0 Å². The van der Waals surface area contributed by atoms with Crippen molar-refractivity contribution in [3.63, 3.8) is 0 Å². The third kappa shape index (κ3) is 4.70. The molecule has 3 aromatic heterocycles. The molecular weight excluding hydrogens is 771 g/mol. The van der Waals surface area contributed by atoms with Crippen molar-refractivity contribution in [2.75, 3.05) is 4.90 Å². The highest BCUT2D eigenvalue weighted by molar-refractivity contribution is 7.25. The number of benzene rings is 10. The third-order valence-electron chi connectivity index (χ3n) is 13.2. The van der Waals surface area contributed by atoms with Gasteiger partial charge in [-0.2, -0.15) is 0 Å². The van der Waals surface area contributed by atoms with Crippen LogP contribution in [0.25, 0.3) is 108 Å². The van der Waals surface area contributed by atoms with E-state index < -0.39 is 0 Å². The normalized spacial score (nSPS) is 12.2. The molecule has 3 heterocycles. The van der Waals surface area contributed by atoms with Gasteiger partial charge in [0.25, 0.3) is 0 Å². The minimum atomic E-state index is 1.11. The molecule has 0 N–H and O–H groups in total. The van der Waals surface area contributed by atoms with Crippen LogP contribution in [0.3, 0.4) is 0 Å². The van der Waals surface area contributed by atoms with E-state index >= 15 is 0 Å². The molecule has 0 saturated carbocycles. The molecule has 0 fully saturated rings. The molecule has 0 saturated heterocycles. The lowest BCUT2D eigenvalue weighted by Gasteiger charge is -2.27. The van der Waals surface area contributed by atoms with Crippen LogP contribution in [-0.4, -0.2) is 9.13 Å². The summed E-state index contributed by atoms with van der Waals surface area (Å²) in [5.74, 6) is 0. The van der Waals surface area contributed by atoms with Crippen LogP contribution in [0.15, 0.2) is 212 Å². The van der Waals surface area contributed by atoms with Gasteiger partial charge in [-0.15, -0.1) is 11.3 Å². The Morgan fingerprint density at radius 2 is 0.935 bits per heavy atom. The quantitative estimate of drug-likeness (QED) is 0.163. The molecule has 62 heavy (non-hydrogen) atoms. The highest BCUT2D eigenvalue weighted by atomic mass is 32.1. The Balaban J connectivity index is 1.13. The Morgan fingerprint density at radius 1 is 0.323 bits per heavy atom. The van der Waals surface area contributed by atoms with Gasteiger partial charge >= 0.3 is 0 Å². The zero-order chi connectivity index (χ0) is 40.5. The summed E-state index contributed by atoms with van der Waals surface area (Å²) in [4.78, 5) is 2.46. The molecule has 0 bridgehead atoms. The van der Waals surface area contributed by atoms with Crippen molar-refractivity contribution in [2.24, 2.45) is 0 Å². The van der Waals surface area contributed by atoms with Crippen molar-refractivity contribution in [3.8, 4) is 33.6 Å². The molecule has 1 aliphatic rings. The first kappa shape index (κ1) is 33.9. The second-order valence-electron chi connectivity index (χ2n) is 16.5. The molecule has 14 rings (SSSR count). The summed E-state index contributed by atoms with van der Waals surface area (Å²) in [6, 6.07) is 78.5. The Kier molecular flexibility index (Phi) is 6.99. The minimum Gasteiger partial charge on any atom is -0.310 e. The van der Waals surface area contributed by atoms with E-state index in [9.17, 15) is 0 Å². The molecule has 0 spiro atoms. The van der Waals surface area contributed by atoms with Crippen molar-refractivity contribution in [2.45, 2.75) is 0 Å². The number of para-hydroxylation sites is 2. The molecule has 0 unspecified atom stereocenters. The number of hydrogen-bond donors (Lipinski definition) is 0. The number of anilines is 3. The first-order valence-electron chi connectivity index (χ1n) is 21.3. The van der Waals surface area contributed by atoms with E-state index in [1.165, 1.54) is 102 Å². The molecule has 0 radical (unpaired) electrons. The van der Waals surface area contributed by atoms with E-state index in [4.69, 9.17) is 0 Å². The van der Waals surface area contributed by atoms with Crippen molar-refractivity contribution >= 4 is 103 Å². The fourth-order valence-corrected chi connectivity index (χ4v) is 11.7. The second-order valence-corrected chi connectivity index (χ2v) is 17.6. The number of aromatic nitrogens is 2. The zero-order valence-electron chi connectivity index (χ0n) is 33.5. The molecule has 0 aliphatic heterocycles. The Morgan fingerprint density at radius 3 is 1.71 bits per heavy atom. The molecular formula is C58H35N3S. The molecule has 1 aliphatic carbocycles. The lowest BCUT2D eigenvalue weighted by Crippen LogP contribution is -2.10. The molecule has 10 aromatic carbocycles. The van der Waals surface area contributed by atoms with Gasteiger partial charge in [-0.3, -0.25) is 0 Å². The number of thiophene rings is 1. The van der Waals surface area contributed by atoms with E-state index in [1.54, 1.807) is 0 Å². The maximum atomic E-state index is 2.52. The lowest BCUT2D eigenvalue weighted by atomic mass is 9.97. The van der Waals surface area contributed by atoms with E-state index in [0.717, 1.165) is 22.7 Å². The van der Waals surface area contributed by atoms with Gasteiger partial charge in [0, 0.05) is 75.5 Å². The van der Waals surface area contributed by atoms with Gasteiger partial charge in [-0.25, -0.2) is 0 Å². The minimum absolute atomic E-state index is 1.11. The standard InChI is InChI=1S/C58H35N3S/c1-4-13-36(14-5-1)37-23-27-41(28-24-37)61-50-32-26-38-25-31-49-57-54(38)58(50)56-47(46-20-12-21-48(55(46)57)60(49)40-17-8-3-9-18-40)33-43(34-51(56)61)59(39-15-6-2-7-16-39)42-29-30-45-44-19-10-11-22-52(44)62-53(45)35-42/h1-35H. The van der Waals surface area contributed by atoms with Crippen molar-refractivity contribution in [1.82, 2.24) is 9.13 Å². The van der Waals surface area contributed by atoms with E-state index in [2.05, 4.69) is 226 Å². The smallest absolute Gasteiger partial charge is 0.0568 e. The molecule has 4 heteroatoms. The number of fused-ring (bicyclic) bond motifs is 4. The Bertz CT molecular complexity index is 3950. The predicted octanol–water partition coefficient (Wildman–Crippen LogP) is 16.5. The van der Waals surface area contributed by atoms with Crippen LogP contribution in [0.2, 0.25) is 0 Å². The van der Waals surface area contributed by atoms with Gasteiger partial charge in [0.05, 0.1) is 22.1 Å². The van der Waals surface area contributed by atoms with Crippen LogP contribution < -0.4 is 4.90 Å². The second kappa shape index (κ2) is 12.8. The van der Waals surface area contributed by atoms with Crippen LogP contribution in [0.4, 0.5) is 17.1 Å². The van der Waals surface area contributed by atoms with Crippen molar-refractivity contribution in [3.05, 3.63) is 212 Å². The van der Waals surface area contributed by atoms with Crippen LogP contribution in [0, 0.1) is 0 Å². The lowest BCUT2D eigenvalue weighted by molar-refractivity contribution is 1.18. The van der Waals surface area contributed by atoms with Crippen molar-refractivity contribution < 1.29 is 0 Å². The van der Waals surface area contributed by atoms with Crippen LogP contribution in [0.1, 0.15) is 0 Å². The summed E-state index contributed by atoms with van der Waals surface area (Å²) in [5.41, 5.74) is 15.4. The first-order chi connectivity index (χ1) is 30.8. The van der Waals surface area contributed by atoms with E-state index in [0.29, 0.717) is 0 Å². The summed E-state index contributed by atoms with van der Waals surface area (Å²) < 4.78 is 7.57. The first-order valence-corrected chi connectivity index (χ1v) is 22.1. The molecule has 0 amide bonds. The Hall–Kier alpha value is -7.92.